The molecule has 0 spiro atoms. The van der Waals surface area contributed by atoms with Gasteiger partial charge in [-0.05, 0) is 38.8 Å². The van der Waals surface area contributed by atoms with Crippen LogP contribution in [-0.4, -0.2) is 38.7 Å². The quantitative estimate of drug-likeness (QED) is 0.470. The predicted octanol–water partition coefficient (Wildman–Crippen LogP) is 3.97. The van der Waals surface area contributed by atoms with Gasteiger partial charge >= 0.3 is 12.1 Å². The van der Waals surface area contributed by atoms with E-state index in [-0.39, 0.29) is 5.97 Å². The van der Waals surface area contributed by atoms with E-state index >= 15 is 0 Å². The molecule has 0 aliphatic heterocycles. The molecule has 146 valence electrons. The van der Waals surface area contributed by atoms with Crippen molar-refractivity contribution < 1.29 is 19.1 Å². The maximum Gasteiger partial charge on any atom is 0.413 e. The lowest BCUT2D eigenvalue weighted by Gasteiger charge is -2.19. The van der Waals surface area contributed by atoms with Crippen LogP contribution in [0.15, 0.2) is 30.9 Å². The lowest BCUT2D eigenvalue weighted by molar-refractivity contribution is -0.142. The molecule has 0 saturated heterocycles. The standard InChI is InChI=1S/C17H21IN4O4S/c1-17(2,3)26-16(24)21-14-6-5-11(8-19-14)7-12(15(23)25-4)13-9-22(27-18)10-20-13/h5-6,8-10,12H,7H2,1-4H3,(H,19,21,24). The molecule has 0 bridgehead atoms. The van der Waals surface area contributed by atoms with Crippen molar-refractivity contribution in [2.45, 2.75) is 38.7 Å². The molecular formula is C17H21IN4O4S. The van der Waals surface area contributed by atoms with Crippen molar-refractivity contribution in [1.29, 1.82) is 0 Å². The Hall–Kier alpha value is -1.82. The summed E-state index contributed by atoms with van der Waals surface area (Å²) in [6.45, 7) is 5.36. The molecule has 10 heteroatoms. The Balaban J connectivity index is 2.08. The van der Waals surface area contributed by atoms with Crippen LogP contribution in [0.2, 0.25) is 0 Å². The highest BCUT2D eigenvalue weighted by atomic mass is 127. The Morgan fingerprint density at radius 2 is 2.07 bits per heavy atom. The number of pyridine rings is 1. The number of imidazole rings is 1. The van der Waals surface area contributed by atoms with Crippen molar-refractivity contribution in [3.8, 4) is 0 Å². The Bertz CT molecular complexity index is 789. The summed E-state index contributed by atoms with van der Waals surface area (Å²) in [6, 6.07) is 3.45. The number of carbonyl (C=O) groups excluding carboxylic acids is 2. The number of anilines is 1. The van der Waals surface area contributed by atoms with Gasteiger partial charge in [0.25, 0.3) is 0 Å². The van der Waals surface area contributed by atoms with Gasteiger partial charge in [-0.3, -0.25) is 14.1 Å². The molecular weight excluding hydrogens is 483 g/mol. The summed E-state index contributed by atoms with van der Waals surface area (Å²) in [4.78, 5) is 32.5. The topological polar surface area (TPSA) is 95.3 Å². The first-order valence-corrected chi connectivity index (χ1v) is 11.4. The second kappa shape index (κ2) is 9.40. The molecule has 1 N–H and O–H groups in total. The fourth-order valence-corrected chi connectivity index (χ4v) is 3.13. The molecule has 2 aromatic heterocycles. The van der Waals surface area contributed by atoms with Gasteiger partial charge in [0.1, 0.15) is 23.7 Å². The number of esters is 1. The van der Waals surface area contributed by atoms with Gasteiger partial charge in [-0.15, -0.1) is 0 Å². The molecule has 0 radical (unpaired) electrons. The fourth-order valence-electron chi connectivity index (χ4n) is 2.25. The molecule has 1 atom stereocenters. The molecule has 2 heterocycles. The van der Waals surface area contributed by atoms with E-state index in [1.165, 1.54) is 16.2 Å². The number of aromatic nitrogens is 3. The van der Waals surface area contributed by atoms with Crippen molar-refractivity contribution in [3.63, 3.8) is 0 Å². The van der Waals surface area contributed by atoms with Crippen LogP contribution >= 0.6 is 30.3 Å². The maximum absolute atomic E-state index is 12.2. The first kappa shape index (κ1) is 21.5. The molecule has 0 aliphatic rings. The van der Waals surface area contributed by atoms with E-state index in [1.54, 1.807) is 55.6 Å². The zero-order valence-electron chi connectivity index (χ0n) is 15.4. The van der Waals surface area contributed by atoms with E-state index in [0.29, 0.717) is 17.9 Å². The number of nitrogens with zero attached hydrogens (tertiary/aromatic N) is 3. The summed E-state index contributed by atoms with van der Waals surface area (Å²) in [6.07, 6.45) is 4.86. The number of ether oxygens (including phenoxy) is 2. The third kappa shape index (κ3) is 6.69. The van der Waals surface area contributed by atoms with Crippen LogP contribution in [0.4, 0.5) is 10.6 Å². The predicted molar refractivity (Wildman–Crippen MR) is 112 cm³/mol. The third-order valence-corrected chi connectivity index (χ3v) is 5.12. The maximum atomic E-state index is 12.2. The molecule has 1 amide bonds. The highest BCUT2D eigenvalue weighted by Crippen LogP contribution is 2.24. The normalized spacial score (nSPS) is 12.3. The molecule has 1 unspecified atom stereocenters. The van der Waals surface area contributed by atoms with E-state index < -0.39 is 17.6 Å². The van der Waals surface area contributed by atoms with Gasteiger partial charge in [0.15, 0.2) is 0 Å². The molecule has 0 aliphatic carbocycles. The minimum absolute atomic E-state index is 0.366. The summed E-state index contributed by atoms with van der Waals surface area (Å²) in [7, 11) is 2.80. The highest BCUT2D eigenvalue weighted by molar-refractivity contribution is 14.2. The fraction of sp³-hybridized carbons (Fsp3) is 0.412. The second-order valence-electron chi connectivity index (χ2n) is 6.69. The lowest BCUT2D eigenvalue weighted by Crippen LogP contribution is -2.27. The van der Waals surface area contributed by atoms with Gasteiger partial charge in [-0.25, -0.2) is 14.8 Å². The number of halogens is 1. The first-order valence-electron chi connectivity index (χ1n) is 8.07. The van der Waals surface area contributed by atoms with E-state index in [9.17, 15) is 9.59 Å². The Morgan fingerprint density at radius 3 is 2.59 bits per heavy atom. The first-order chi connectivity index (χ1) is 12.7. The number of rotatable bonds is 6. The number of nitrogens with one attached hydrogen (secondary N) is 1. The molecule has 0 saturated carbocycles. The minimum Gasteiger partial charge on any atom is -0.468 e. The lowest BCUT2D eigenvalue weighted by atomic mass is 9.98. The van der Waals surface area contributed by atoms with Crippen LogP contribution in [0.1, 0.15) is 37.9 Å². The second-order valence-corrected chi connectivity index (χ2v) is 8.43. The van der Waals surface area contributed by atoms with E-state index in [1.807, 2.05) is 0 Å². The van der Waals surface area contributed by atoms with Gasteiger partial charge in [-0.2, -0.15) is 0 Å². The minimum atomic E-state index is -0.586. The van der Waals surface area contributed by atoms with Crippen molar-refractivity contribution in [2.24, 2.45) is 0 Å². The van der Waals surface area contributed by atoms with E-state index in [0.717, 1.165) is 5.56 Å². The molecule has 8 nitrogen and oxygen atoms in total. The zero-order chi connectivity index (χ0) is 20.0. The number of amides is 1. The van der Waals surface area contributed by atoms with Crippen LogP contribution in [0.25, 0.3) is 0 Å². The summed E-state index contributed by atoms with van der Waals surface area (Å²) < 4.78 is 11.9. The highest BCUT2D eigenvalue weighted by Gasteiger charge is 2.25. The van der Waals surface area contributed by atoms with Crippen molar-refractivity contribution in [1.82, 2.24) is 13.9 Å². The number of methoxy groups -OCH3 is 1. The molecule has 0 aromatic carbocycles. The van der Waals surface area contributed by atoms with Crippen LogP contribution in [-0.2, 0) is 20.7 Å². The molecule has 2 rings (SSSR count). The van der Waals surface area contributed by atoms with Crippen molar-refractivity contribution >= 4 is 48.2 Å². The summed E-state index contributed by atoms with van der Waals surface area (Å²) in [5.74, 6) is -0.533. The Labute approximate surface area is 174 Å². The van der Waals surface area contributed by atoms with Crippen LogP contribution in [0.3, 0.4) is 0 Å². The molecule has 2 aromatic rings. The number of hydrogen-bond acceptors (Lipinski definition) is 7. The van der Waals surface area contributed by atoms with Gasteiger partial charge in [0.2, 0.25) is 0 Å². The molecule has 0 fully saturated rings. The number of carbonyl (C=O) groups is 2. The number of hydrogen-bond donors (Lipinski definition) is 1. The third-order valence-electron chi connectivity index (χ3n) is 3.40. The van der Waals surface area contributed by atoms with Crippen LogP contribution in [0, 0.1) is 0 Å². The SMILES string of the molecule is COC(=O)C(Cc1ccc(NC(=O)OC(C)(C)C)nc1)c1cn(SI)cn1. The largest absolute Gasteiger partial charge is 0.468 e. The smallest absolute Gasteiger partial charge is 0.413 e. The van der Waals surface area contributed by atoms with E-state index in [4.69, 9.17) is 9.47 Å². The average Bonchev–Trinajstić information content (AvgIpc) is 3.07. The average molecular weight is 504 g/mol. The van der Waals surface area contributed by atoms with Gasteiger partial charge in [0, 0.05) is 42.7 Å². The van der Waals surface area contributed by atoms with Crippen LogP contribution < -0.4 is 5.32 Å². The van der Waals surface area contributed by atoms with Crippen molar-refractivity contribution in [3.05, 3.63) is 42.1 Å². The monoisotopic (exact) mass is 504 g/mol. The van der Waals surface area contributed by atoms with Gasteiger partial charge in [0.05, 0.1) is 12.8 Å². The van der Waals surface area contributed by atoms with Crippen LogP contribution in [0.5, 0.6) is 0 Å². The Kier molecular flexibility index (Phi) is 7.48. The van der Waals surface area contributed by atoms with Gasteiger partial charge < -0.3 is 9.47 Å². The van der Waals surface area contributed by atoms with Crippen molar-refractivity contribution in [2.75, 3.05) is 12.4 Å². The summed E-state index contributed by atoms with van der Waals surface area (Å²) in [5.41, 5.74) is 0.857. The Morgan fingerprint density at radius 1 is 1.33 bits per heavy atom. The zero-order valence-corrected chi connectivity index (χ0v) is 18.4. The molecule has 27 heavy (non-hydrogen) atoms. The summed E-state index contributed by atoms with van der Waals surface area (Å²) in [5, 5.41) is 2.57. The summed E-state index contributed by atoms with van der Waals surface area (Å²) >= 11 is 2.13. The van der Waals surface area contributed by atoms with Gasteiger partial charge in [-0.1, -0.05) is 6.07 Å². The van der Waals surface area contributed by atoms with E-state index in [2.05, 4.69) is 36.5 Å².